The van der Waals surface area contributed by atoms with Gasteiger partial charge in [0.05, 0.1) is 24.7 Å². The maximum Gasteiger partial charge on any atom is 0.261 e. The zero-order chi connectivity index (χ0) is 25.2. The molecule has 0 bridgehead atoms. The number of sulfonamides is 1. The Morgan fingerprint density at radius 3 is 2.26 bits per heavy atom. The van der Waals surface area contributed by atoms with Crippen LogP contribution < -0.4 is 25.1 Å². The smallest absolute Gasteiger partial charge is 0.261 e. The lowest BCUT2D eigenvalue weighted by atomic mass is 10.1. The maximum absolute atomic E-state index is 13.1. The number of aromatic nitrogens is 1. The minimum Gasteiger partial charge on any atom is -0.493 e. The number of rotatable bonds is 7. The highest BCUT2D eigenvalue weighted by molar-refractivity contribution is 7.92. The second kappa shape index (κ2) is 9.47. The van der Waals surface area contributed by atoms with Gasteiger partial charge in [-0.1, -0.05) is 0 Å². The van der Waals surface area contributed by atoms with E-state index < -0.39 is 27.3 Å². The molecule has 3 N–H and O–H groups in total. The number of benzene rings is 3. The van der Waals surface area contributed by atoms with Gasteiger partial charge in [0.1, 0.15) is 5.82 Å². The van der Waals surface area contributed by atoms with Gasteiger partial charge in [0.2, 0.25) is 5.56 Å². The quantitative estimate of drug-likeness (QED) is 0.357. The summed E-state index contributed by atoms with van der Waals surface area (Å²) in [4.78, 5) is 27.7. The van der Waals surface area contributed by atoms with Crippen LogP contribution in [0, 0.1) is 5.82 Å². The van der Waals surface area contributed by atoms with Gasteiger partial charge in [-0.3, -0.25) is 14.3 Å². The summed E-state index contributed by atoms with van der Waals surface area (Å²) >= 11 is 0. The third-order valence-corrected chi connectivity index (χ3v) is 6.49. The lowest BCUT2D eigenvalue weighted by molar-refractivity contribution is 0.102. The molecule has 0 atom stereocenters. The molecule has 4 rings (SSSR count). The summed E-state index contributed by atoms with van der Waals surface area (Å²) in [6, 6.07) is 14.6. The molecule has 35 heavy (non-hydrogen) atoms. The molecule has 1 heterocycles. The molecule has 1 amide bonds. The molecule has 9 nitrogen and oxygen atoms in total. The number of amides is 1. The van der Waals surface area contributed by atoms with E-state index in [1.54, 1.807) is 18.2 Å². The van der Waals surface area contributed by atoms with Crippen LogP contribution in [0.1, 0.15) is 10.4 Å². The number of carbonyl (C=O) groups excluding carboxylic acids is 1. The first-order valence-corrected chi connectivity index (χ1v) is 11.7. The molecule has 0 fully saturated rings. The normalized spacial score (nSPS) is 11.2. The van der Waals surface area contributed by atoms with Crippen LogP contribution in [0.25, 0.3) is 10.9 Å². The summed E-state index contributed by atoms with van der Waals surface area (Å²) in [5.74, 6) is -0.279. The van der Waals surface area contributed by atoms with Gasteiger partial charge >= 0.3 is 0 Å². The van der Waals surface area contributed by atoms with Crippen molar-refractivity contribution < 1.29 is 27.1 Å². The van der Waals surface area contributed by atoms with Gasteiger partial charge in [0.25, 0.3) is 15.9 Å². The van der Waals surface area contributed by atoms with E-state index in [1.807, 2.05) is 0 Å². The van der Waals surface area contributed by atoms with Crippen molar-refractivity contribution in [3.05, 3.63) is 88.5 Å². The second-order valence-electron chi connectivity index (χ2n) is 7.39. The van der Waals surface area contributed by atoms with Gasteiger partial charge in [-0.2, -0.15) is 0 Å². The monoisotopic (exact) mass is 497 g/mol. The molecular weight excluding hydrogens is 477 g/mol. The van der Waals surface area contributed by atoms with Crippen LogP contribution in [0.15, 0.2) is 76.4 Å². The number of aromatic amines is 1. The lowest BCUT2D eigenvalue weighted by Gasteiger charge is -2.12. The first-order chi connectivity index (χ1) is 16.7. The summed E-state index contributed by atoms with van der Waals surface area (Å²) in [6.07, 6.45) is 0. The second-order valence-corrected chi connectivity index (χ2v) is 9.07. The minimum atomic E-state index is -4.07. The van der Waals surface area contributed by atoms with Gasteiger partial charge in [-0.25, -0.2) is 12.8 Å². The minimum absolute atomic E-state index is 0.0302. The fourth-order valence-electron chi connectivity index (χ4n) is 3.43. The van der Waals surface area contributed by atoms with Crippen LogP contribution in [0.2, 0.25) is 0 Å². The molecule has 11 heteroatoms. The van der Waals surface area contributed by atoms with Crippen molar-refractivity contribution in [1.82, 2.24) is 4.98 Å². The number of anilines is 2. The van der Waals surface area contributed by atoms with Gasteiger partial charge in [0.15, 0.2) is 11.5 Å². The van der Waals surface area contributed by atoms with E-state index in [9.17, 15) is 22.4 Å². The summed E-state index contributed by atoms with van der Waals surface area (Å²) in [5, 5.41) is 2.89. The molecule has 0 radical (unpaired) electrons. The Hall–Kier alpha value is -4.38. The summed E-state index contributed by atoms with van der Waals surface area (Å²) in [5.41, 5.74) is 0.255. The van der Waals surface area contributed by atoms with Gasteiger partial charge in [-0.05, 0) is 54.6 Å². The highest BCUT2D eigenvalue weighted by Gasteiger charge is 2.19. The average Bonchev–Trinajstić information content (AvgIpc) is 2.84. The molecule has 0 unspecified atom stereocenters. The van der Waals surface area contributed by atoms with Crippen molar-refractivity contribution in [2.45, 2.75) is 4.90 Å². The fraction of sp³-hybridized carbons (Fsp3) is 0.0833. The Balaban J connectivity index is 1.71. The Bertz CT molecular complexity index is 1580. The predicted molar refractivity (Wildman–Crippen MR) is 129 cm³/mol. The largest absolute Gasteiger partial charge is 0.493 e. The van der Waals surface area contributed by atoms with Gasteiger partial charge in [-0.15, -0.1) is 0 Å². The molecule has 0 saturated heterocycles. The molecule has 0 saturated carbocycles. The number of ether oxygens (including phenoxy) is 2. The molecule has 1 aromatic heterocycles. The highest BCUT2D eigenvalue weighted by atomic mass is 32.2. The van der Waals surface area contributed by atoms with Gasteiger partial charge in [0, 0.05) is 34.4 Å². The van der Waals surface area contributed by atoms with E-state index in [2.05, 4.69) is 15.0 Å². The number of methoxy groups -OCH3 is 2. The Kier molecular flexibility index (Phi) is 6.43. The Morgan fingerprint density at radius 2 is 1.57 bits per heavy atom. The van der Waals surface area contributed by atoms with E-state index in [-0.39, 0.29) is 27.0 Å². The fourth-order valence-corrected chi connectivity index (χ4v) is 4.52. The van der Waals surface area contributed by atoms with Crippen LogP contribution in [0.5, 0.6) is 11.5 Å². The predicted octanol–water partition coefficient (Wildman–Crippen LogP) is 3.74. The lowest BCUT2D eigenvalue weighted by Crippen LogP contribution is -2.18. The van der Waals surface area contributed by atoms with E-state index in [0.29, 0.717) is 17.2 Å². The van der Waals surface area contributed by atoms with E-state index in [4.69, 9.17) is 9.47 Å². The first kappa shape index (κ1) is 23.8. The van der Waals surface area contributed by atoms with E-state index >= 15 is 0 Å². The third kappa shape index (κ3) is 5.09. The van der Waals surface area contributed by atoms with Crippen molar-refractivity contribution in [2.24, 2.45) is 0 Å². The van der Waals surface area contributed by atoms with Gasteiger partial charge < -0.3 is 19.8 Å². The third-order valence-electron chi connectivity index (χ3n) is 5.11. The van der Waals surface area contributed by atoms with Crippen molar-refractivity contribution in [3.63, 3.8) is 0 Å². The molecule has 3 aromatic carbocycles. The zero-order valence-corrected chi connectivity index (χ0v) is 19.4. The number of fused-ring (bicyclic) bond motifs is 1. The van der Waals surface area contributed by atoms with E-state index in [1.165, 1.54) is 44.6 Å². The molecule has 180 valence electrons. The van der Waals surface area contributed by atoms with Crippen LogP contribution >= 0.6 is 0 Å². The number of H-pyrrole nitrogens is 1. The van der Waals surface area contributed by atoms with Crippen molar-refractivity contribution in [2.75, 3.05) is 24.3 Å². The molecule has 0 aliphatic carbocycles. The van der Waals surface area contributed by atoms with E-state index in [0.717, 1.165) is 18.2 Å². The molecular formula is C24H20FN3O6S. The standard InChI is InChI=1S/C24H20FN3O6S/c1-33-21-10-7-16(11-22(21)34-2)26-24(30)19-13-23(29)27-20-9-8-17(12-18(19)20)35(31,32)28-15-5-3-14(25)4-6-15/h3-13,28H,1-2H3,(H,26,30)(H,27,29). The topological polar surface area (TPSA) is 127 Å². The van der Waals surface area contributed by atoms with Crippen LogP contribution in [-0.4, -0.2) is 33.5 Å². The maximum atomic E-state index is 13.1. The van der Waals surface area contributed by atoms with Crippen LogP contribution in [-0.2, 0) is 10.0 Å². The average molecular weight is 498 g/mol. The SMILES string of the molecule is COc1ccc(NC(=O)c2cc(=O)[nH]c3ccc(S(=O)(=O)Nc4ccc(F)cc4)cc23)cc1OC. The molecule has 0 aliphatic heterocycles. The summed E-state index contributed by atoms with van der Waals surface area (Å²) in [7, 11) is -1.14. The van der Waals surface area contributed by atoms with Crippen LogP contribution in [0.4, 0.5) is 15.8 Å². The van der Waals surface area contributed by atoms with Crippen LogP contribution in [0.3, 0.4) is 0 Å². The van der Waals surface area contributed by atoms with Crippen molar-refractivity contribution in [1.29, 1.82) is 0 Å². The van der Waals surface area contributed by atoms with Crippen molar-refractivity contribution >= 4 is 38.2 Å². The van der Waals surface area contributed by atoms with Crippen molar-refractivity contribution in [3.8, 4) is 11.5 Å². The summed E-state index contributed by atoms with van der Waals surface area (Å²) < 4.78 is 51.7. The zero-order valence-electron chi connectivity index (χ0n) is 18.6. The molecule has 0 spiro atoms. The number of pyridine rings is 1. The highest BCUT2D eigenvalue weighted by Crippen LogP contribution is 2.30. The Labute approximate surface area is 199 Å². The Morgan fingerprint density at radius 1 is 0.886 bits per heavy atom. The number of nitrogens with one attached hydrogen (secondary N) is 3. The number of hydrogen-bond donors (Lipinski definition) is 3. The molecule has 4 aromatic rings. The molecule has 0 aliphatic rings. The first-order valence-electron chi connectivity index (χ1n) is 10.2. The number of halogens is 1. The summed E-state index contributed by atoms with van der Waals surface area (Å²) in [6.45, 7) is 0. The number of carbonyl (C=O) groups is 1. The number of hydrogen-bond acceptors (Lipinski definition) is 6.